The summed E-state index contributed by atoms with van der Waals surface area (Å²) in [5, 5.41) is 0.251. The Morgan fingerprint density at radius 1 is 1.21 bits per heavy atom. The number of sulfone groups is 1. The maximum absolute atomic E-state index is 14.2. The number of carbonyl (C=O) groups excluding carboxylic acids is 1. The Hall–Kier alpha value is -2.19. The molecule has 2 heterocycles. The number of aliphatic imine (C=N–C) groups is 1. The van der Waals surface area contributed by atoms with Gasteiger partial charge < -0.3 is 4.90 Å². The number of rotatable bonds is 4. The SMILES string of the molecule is Cc1ccc(N2C(=NC(=O)CCc3ccccc3)S[C@@H]3CS(=O)(=O)C[C@@H]32)cc1F. The van der Waals surface area contributed by atoms with Crippen LogP contribution >= 0.6 is 11.8 Å². The third kappa shape index (κ3) is 4.38. The van der Waals surface area contributed by atoms with Crippen molar-refractivity contribution in [2.24, 2.45) is 4.99 Å². The van der Waals surface area contributed by atoms with Gasteiger partial charge in [0, 0.05) is 17.4 Å². The van der Waals surface area contributed by atoms with Crippen molar-refractivity contribution in [1.82, 2.24) is 0 Å². The number of anilines is 1. The Morgan fingerprint density at radius 3 is 2.69 bits per heavy atom. The van der Waals surface area contributed by atoms with E-state index < -0.39 is 9.84 Å². The molecule has 0 unspecified atom stereocenters. The molecule has 152 valence electrons. The average Bonchev–Trinajstić information content (AvgIpc) is 3.14. The minimum Gasteiger partial charge on any atom is -0.315 e. The lowest BCUT2D eigenvalue weighted by Crippen LogP contribution is -2.37. The third-order valence-corrected chi connectivity index (χ3v) is 8.40. The number of nitrogens with zero attached hydrogens (tertiary/aromatic N) is 2. The minimum absolute atomic E-state index is 0.0165. The summed E-state index contributed by atoms with van der Waals surface area (Å²) >= 11 is 1.30. The van der Waals surface area contributed by atoms with Crippen molar-refractivity contribution in [2.75, 3.05) is 16.4 Å². The van der Waals surface area contributed by atoms with Gasteiger partial charge in [-0.15, -0.1) is 0 Å². The number of thioether (sulfide) groups is 1. The van der Waals surface area contributed by atoms with Gasteiger partial charge in [0.1, 0.15) is 5.82 Å². The molecule has 0 spiro atoms. The molecule has 5 nitrogen and oxygen atoms in total. The van der Waals surface area contributed by atoms with Crippen molar-refractivity contribution in [2.45, 2.75) is 31.1 Å². The van der Waals surface area contributed by atoms with Gasteiger partial charge in [-0.1, -0.05) is 48.2 Å². The van der Waals surface area contributed by atoms with Gasteiger partial charge in [0.15, 0.2) is 15.0 Å². The summed E-state index contributed by atoms with van der Waals surface area (Å²) in [7, 11) is -3.16. The fourth-order valence-electron chi connectivity index (χ4n) is 3.66. The predicted octanol–water partition coefficient (Wildman–Crippen LogP) is 3.37. The molecule has 29 heavy (non-hydrogen) atoms. The fourth-order valence-corrected chi connectivity index (χ4v) is 7.59. The summed E-state index contributed by atoms with van der Waals surface area (Å²) in [4.78, 5) is 18.5. The van der Waals surface area contributed by atoms with Crippen molar-refractivity contribution in [3.05, 3.63) is 65.5 Å². The van der Waals surface area contributed by atoms with Crippen LogP contribution in [0.3, 0.4) is 0 Å². The molecule has 2 saturated heterocycles. The van der Waals surface area contributed by atoms with Crippen LogP contribution in [-0.2, 0) is 21.1 Å². The lowest BCUT2D eigenvalue weighted by atomic mass is 10.1. The molecule has 4 rings (SSSR count). The van der Waals surface area contributed by atoms with E-state index in [9.17, 15) is 17.6 Å². The van der Waals surface area contributed by atoms with Crippen LogP contribution in [0.25, 0.3) is 0 Å². The molecule has 1 amide bonds. The maximum atomic E-state index is 14.2. The molecule has 0 N–H and O–H groups in total. The van der Waals surface area contributed by atoms with E-state index in [-0.39, 0.29) is 40.9 Å². The first kappa shape index (κ1) is 20.1. The van der Waals surface area contributed by atoms with Crippen molar-refractivity contribution in [3.63, 3.8) is 0 Å². The number of amidine groups is 1. The summed E-state index contributed by atoms with van der Waals surface area (Å²) in [5.74, 6) is -0.606. The topological polar surface area (TPSA) is 66.8 Å². The van der Waals surface area contributed by atoms with Crippen LogP contribution in [0.2, 0.25) is 0 Å². The zero-order valence-electron chi connectivity index (χ0n) is 15.9. The third-order valence-electron chi connectivity index (χ3n) is 5.19. The first-order valence-corrected chi connectivity index (χ1v) is 12.1. The highest BCUT2D eigenvalue weighted by Crippen LogP contribution is 2.41. The van der Waals surface area contributed by atoms with Gasteiger partial charge in [-0.2, -0.15) is 4.99 Å². The highest BCUT2D eigenvalue weighted by molar-refractivity contribution is 8.16. The smallest absolute Gasteiger partial charge is 0.248 e. The molecule has 2 aliphatic rings. The Balaban J connectivity index is 1.59. The zero-order valence-corrected chi connectivity index (χ0v) is 17.5. The molecule has 2 atom stereocenters. The van der Waals surface area contributed by atoms with E-state index in [0.717, 1.165) is 5.56 Å². The minimum atomic E-state index is -3.16. The van der Waals surface area contributed by atoms with Crippen molar-refractivity contribution in [3.8, 4) is 0 Å². The molecule has 0 saturated carbocycles. The van der Waals surface area contributed by atoms with Crippen molar-refractivity contribution in [1.29, 1.82) is 0 Å². The van der Waals surface area contributed by atoms with E-state index in [2.05, 4.69) is 4.99 Å². The van der Waals surface area contributed by atoms with E-state index in [4.69, 9.17) is 0 Å². The van der Waals surface area contributed by atoms with Crippen LogP contribution in [0, 0.1) is 12.7 Å². The molecule has 2 aromatic carbocycles. The van der Waals surface area contributed by atoms with Gasteiger partial charge in [-0.3, -0.25) is 4.79 Å². The summed E-state index contributed by atoms with van der Waals surface area (Å²) in [6.07, 6.45) is 0.847. The van der Waals surface area contributed by atoms with Crippen molar-refractivity contribution >= 4 is 38.4 Å². The molecule has 0 aliphatic carbocycles. The van der Waals surface area contributed by atoms with Crippen LogP contribution in [0.15, 0.2) is 53.5 Å². The van der Waals surface area contributed by atoms with Gasteiger partial charge in [-0.25, -0.2) is 12.8 Å². The lowest BCUT2D eigenvalue weighted by Gasteiger charge is -2.24. The molecular formula is C21H21FN2O3S2. The number of amides is 1. The second kappa shape index (κ2) is 7.91. The predicted molar refractivity (Wildman–Crippen MR) is 115 cm³/mol. The van der Waals surface area contributed by atoms with Crippen LogP contribution in [0.5, 0.6) is 0 Å². The number of halogens is 1. The fraction of sp³-hybridized carbons (Fsp3) is 0.333. The van der Waals surface area contributed by atoms with Crippen molar-refractivity contribution < 1.29 is 17.6 Å². The molecule has 0 bridgehead atoms. The largest absolute Gasteiger partial charge is 0.315 e. The Labute approximate surface area is 173 Å². The van der Waals surface area contributed by atoms with Crippen LogP contribution in [0.4, 0.5) is 10.1 Å². The quantitative estimate of drug-likeness (QED) is 0.741. The number of aryl methyl sites for hydroxylation is 2. The van der Waals surface area contributed by atoms with Gasteiger partial charge in [0.05, 0.1) is 17.5 Å². The molecule has 8 heteroatoms. The molecule has 2 aromatic rings. The van der Waals surface area contributed by atoms with E-state index in [0.29, 0.717) is 22.8 Å². The Kier molecular flexibility index (Phi) is 5.48. The first-order chi connectivity index (χ1) is 13.8. The van der Waals surface area contributed by atoms with Crippen LogP contribution in [0.1, 0.15) is 17.5 Å². The highest BCUT2D eigenvalue weighted by Gasteiger charge is 2.49. The monoisotopic (exact) mass is 432 g/mol. The molecule has 0 radical (unpaired) electrons. The van der Waals surface area contributed by atoms with Gasteiger partial charge in [-0.05, 0) is 36.6 Å². The summed E-state index contributed by atoms with van der Waals surface area (Å²) in [6.45, 7) is 1.67. The summed E-state index contributed by atoms with van der Waals surface area (Å²) in [5.41, 5.74) is 2.09. The van der Waals surface area contributed by atoms with E-state index in [1.54, 1.807) is 24.0 Å². The second-order valence-electron chi connectivity index (χ2n) is 7.38. The number of benzene rings is 2. The maximum Gasteiger partial charge on any atom is 0.248 e. The molecule has 2 aliphatic heterocycles. The average molecular weight is 433 g/mol. The molecule has 0 aromatic heterocycles. The normalized spacial score (nSPS) is 24.1. The highest BCUT2D eigenvalue weighted by atomic mass is 32.2. The Bertz CT molecular complexity index is 1070. The van der Waals surface area contributed by atoms with Gasteiger partial charge in [0.25, 0.3) is 0 Å². The number of hydrogen-bond acceptors (Lipinski definition) is 4. The standard InChI is InChI=1S/C21H21FN2O3S2/c1-14-7-9-16(11-17(14)22)24-18-12-29(26,27)13-19(18)28-21(24)23-20(25)10-8-15-5-3-2-4-6-15/h2-7,9,11,18-19H,8,10,12-13H2,1H3/t18-,19+/m0/s1. The second-order valence-corrected chi connectivity index (χ2v) is 10.7. The Morgan fingerprint density at radius 2 is 1.97 bits per heavy atom. The summed E-state index contributed by atoms with van der Waals surface area (Å²) < 4.78 is 38.4. The summed E-state index contributed by atoms with van der Waals surface area (Å²) in [6, 6.07) is 14.1. The van der Waals surface area contributed by atoms with Crippen LogP contribution in [-0.4, -0.2) is 42.3 Å². The van der Waals surface area contributed by atoms with E-state index >= 15 is 0 Å². The zero-order chi connectivity index (χ0) is 20.6. The van der Waals surface area contributed by atoms with Crippen LogP contribution < -0.4 is 4.90 Å². The van der Waals surface area contributed by atoms with Gasteiger partial charge >= 0.3 is 0 Å². The molecular weight excluding hydrogens is 411 g/mol. The van der Waals surface area contributed by atoms with Gasteiger partial charge in [0.2, 0.25) is 5.91 Å². The van der Waals surface area contributed by atoms with E-state index in [1.807, 2.05) is 30.3 Å². The molecule has 2 fully saturated rings. The van der Waals surface area contributed by atoms with E-state index in [1.165, 1.54) is 17.8 Å². The number of carbonyl (C=O) groups is 1. The number of fused-ring (bicyclic) bond motifs is 1. The first-order valence-electron chi connectivity index (χ1n) is 9.40. The number of hydrogen-bond donors (Lipinski definition) is 0. The lowest BCUT2D eigenvalue weighted by molar-refractivity contribution is -0.117.